The third-order valence-electron chi connectivity index (χ3n) is 5.73. The SMILES string of the molecule is COC(=O)[C@@H]1C[C@@H]2CCCC[C@H]2N1Cc1nc(Cc2ccccc2)no1. The zero-order chi connectivity index (χ0) is 17.9. The Balaban J connectivity index is 1.48. The summed E-state index contributed by atoms with van der Waals surface area (Å²) in [5.41, 5.74) is 1.15. The van der Waals surface area contributed by atoms with Crippen LogP contribution in [0.5, 0.6) is 0 Å². The first-order valence-electron chi connectivity index (χ1n) is 9.43. The third-order valence-corrected chi connectivity index (χ3v) is 5.73. The molecule has 2 heterocycles. The van der Waals surface area contributed by atoms with Crippen LogP contribution >= 0.6 is 0 Å². The number of benzene rings is 1. The van der Waals surface area contributed by atoms with Gasteiger partial charge < -0.3 is 9.26 Å². The molecule has 1 aromatic carbocycles. The van der Waals surface area contributed by atoms with Crippen molar-refractivity contribution < 1.29 is 14.1 Å². The molecule has 0 unspecified atom stereocenters. The topological polar surface area (TPSA) is 68.5 Å². The number of esters is 1. The molecule has 26 heavy (non-hydrogen) atoms. The summed E-state index contributed by atoms with van der Waals surface area (Å²) in [5.74, 6) is 1.68. The van der Waals surface area contributed by atoms with E-state index in [4.69, 9.17) is 9.26 Å². The third kappa shape index (κ3) is 3.51. The lowest BCUT2D eigenvalue weighted by Gasteiger charge is -2.32. The molecule has 0 spiro atoms. The maximum atomic E-state index is 12.3. The van der Waals surface area contributed by atoms with Crippen molar-refractivity contribution in [2.75, 3.05) is 7.11 Å². The molecule has 2 aliphatic rings. The monoisotopic (exact) mass is 355 g/mol. The Morgan fingerprint density at radius 1 is 1.27 bits per heavy atom. The fourth-order valence-electron chi connectivity index (χ4n) is 4.51. The molecule has 6 heteroatoms. The van der Waals surface area contributed by atoms with E-state index >= 15 is 0 Å². The van der Waals surface area contributed by atoms with E-state index in [0.29, 0.717) is 36.6 Å². The van der Waals surface area contributed by atoms with Crippen molar-refractivity contribution in [2.45, 2.75) is 57.2 Å². The molecule has 4 rings (SSSR count). The highest BCUT2D eigenvalue weighted by atomic mass is 16.5. The minimum atomic E-state index is -0.197. The van der Waals surface area contributed by atoms with E-state index in [1.165, 1.54) is 26.4 Å². The quantitative estimate of drug-likeness (QED) is 0.768. The zero-order valence-electron chi connectivity index (χ0n) is 15.1. The van der Waals surface area contributed by atoms with Crippen LogP contribution in [0.25, 0.3) is 0 Å². The molecule has 0 radical (unpaired) electrons. The highest BCUT2D eigenvalue weighted by molar-refractivity contribution is 5.76. The van der Waals surface area contributed by atoms with E-state index in [1.54, 1.807) is 0 Å². The molecule has 0 bridgehead atoms. The summed E-state index contributed by atoms with van der Waals surface area (Å²) in [6.07, 6.45) is 6.32. The molecular formula is C20H25N3O3. The fourth-order valence-corrected chi connectivity index (χ4v) is 4.51. The molecule has 1 saturated heterocycles. The van der Waals surface area contributed by atoms with Crippen LogP contribution < -0.4 is 0 Å². The number of hydrogen-bond donors (Lipinski definition) is 0. The average molecular weight is 355 g/mol. The molecule has 6 nitrogen and oxygen atoms in total. The van der Waals surface area contributed by atoms with Crippen LogP contribution in [0.15, 0.2) is 34.9 Å². The van der Waals surface area contributed by atoms with Gasteiger partial charge in [0.2, 0.25) is 5.89 Å². The van der Waals surface area contributed by atoms with E-state index in [0.717, 1.165) is 18.4 Å². The van der Waals surface area contributed by atoms with Crippen molar-refractivity contribution in [2.24, 2.45) is 5.92 Å². The van der Waals surface area contributed by atoms with Crippen LogP contribution in [0, 0.1) is 5.92 Å². The predicted octanol–water partition coefficient (Wildman–Crippen LogP) is 2.97. The molecule has 2 fully saturated rings. The molecule has 1 aliphatic heterocycles. The van der Waals surface area contributed by atoms with E-state index in [-0.39, 0.29) is 12.0 Å². The van der Waals surface area contributed by atoms with Gasteiger partial charge in [-0.2, -0.15) is 4.98 Å². The van der Waals surface area contributed by atoms with Crippen molar-refractivity contribution in [3.8, 4) is 0 Å². The first-order valence-corrected chi connectivity index (χ1v) is 9.43. The van der Waals surface area contributed by atoms with Crippen LogP contribution in [-0.2, 0) is 22.5 Å². The lowest BCUT2D eigenvalue weighted by atomic mass is 9.85. The Labute approximate surface area is 153 Å². The number of fused-ring (bicyclic) bond motifs is 1. The van der Waals surface area contributed by atoms with Gasteiger partial charge in [0.05, 0.1) is 13.7 Å². The summed E-state index contributed by atoms with van der Waals surface area (Å²) in [7, 11) is 1.47. The number of ether oxygens (including phenoxy) is 1. The summed E-state index contributed by atoms with van der Waals surface area (Å²) in [4.78, 5) is 19.1. The zero-order valence-corrected chi connectivity index (χ0v) is 15.1. The minimum absolute atomic E-state index is 0.150. The molecule has 0 amide bonds. The molecule has 1 aromatic heterocycles. The molecule has 1 aliphatic carbocycles. The summed E-state index contributed by atoms with van der Waals surface area (Å²) in [5, 5.41) is 4.12. The number of carbonyl (C=O) groups excluding carboxylic acids is 1. The Kier molecular flexibility index (Phi) is 5.02. The van der Waals surface area contributed by atoms with Gasteiger partial charge in [0.15, 0.2) is 5.82 Å². The normalized spacial score (nSPS) is 25.8. The predicted molar refractivity (Wildman–Crippen MR) is 95.3 cm³/mol. The van der Waals surface area contributed by atoms with Crippen LogP contribution in [0.4, 0.5) is 0 Å². The van der Waals surface area contributed by atoms with Crippen LogP contribution in [0.2, 0.25) is 0 Å². The Morgan fingerprint density at radius 3 is 2.88 bits per heavy atom. The Bertz CT molecular complexity index is 746. The van der Waals surface area contributed by atoms with Crippen molar-refractivity contribution in [1.82, 2.24) is 15.0 Å². The van der Waals surface area contributed by atoms with E-state index < -0.39 is 0 Å². The first kappa shape index (κ1) is 17.2. The number of aromatic nitrogens is 2. The molecule has 3 atom stereocenters. The molecule has 0 N–H and O–H groups in total. The van der Waals surface area contributed by atoms with E-state index in [2.05, 4.69) is 27.2 Å². The molecule has 1 saturated carbocycles. The van der Waals surface area contributed by atoms with Crippen LogP contribution in [0.1, 0.15) is 49.4 Å². The second-order valence-electron chi connectivity index (χ2n) is 7.33. The molecular weight excluding hydrogens is 330 g/mol. The van der Waals surface area contributed by atoms with Crippen molar-refractivity contribution in [3.05, 3.63) is 47.6 Å². The Hall–Kier alpha value is -2.21. The number of carbonyl (C=O) groups is 1. The van der Waals surface area contributed by atoms with Crippen molar-refractivity contribution >= 4 is 5.97 Å². The van der Waals surface area contributed by atoms with Gasteiger partial charge >= 0.3 is 5.97 Å². The standard InChI is InChI=1S/C20H25N3O3/c1-25-20(24)17-12-15-9-5-6-10-16(15)23(17)13-19-21-18(22-26-19)11-14-7-3-2-4-8-14/h2-4,7-8,15-17H,5-6,9-13H2,1H3/t15-,16+,17-/m0/s1. The lowest BCUT2D eigenvalue weighted by Crippen LogP contribution is -2.42. The number of nitrogens with zero attached hydrogens (tertiary/aromatic N) is 3. The van der Waals surface area contributed by atoms with Gasteiger partial charge in [-0.1, -0.05) is 48.3 Å². The number of hydrogen-bond acceptors (Lipinski definition) is 6. The van der Waals surface area contributed by atoms with Gasteiger partial charge in [0, 0.05) is 12.5 Å². The Morgan fingerprint density at radius 2 is 2.08 bits per heavy atom. The summed E-state index contributed by atoms with van der Waals surface area (Å²) in [6, 6.07) is 10.3. The van der Waals surface area contributed by atoms with Crippen LogP contribution in [0.3, 0.4) is 0 Å². The van der Waals surface area contributed by atoms with Gasteiger partial charge in [-0.25, -0.2) is 0 Å². The second-order valence-corrected chi connectivity index (χ2v) is 7.33. The van der Waals surface area contributed by atoms with Crippen LogP contribution in [-0.4, -0.2) is 40.2 Å². The molecule has 138 valence electrons. The van der Waals surface area contributed by atoms with Gasteiger partial charge in [-0.05, 0) is 30.7 Å². The highest BCUT2D eigenvalue weighted by Gasteiger charge is 2.46. The summed E-state index contributed by atoms with van der Waals surface area (Å²) >= 11 is 0. The second kappa shape index (κ2) is 7.58. The van der Waals surface area contributed by atoms with Crippen molar-refractivity contribution in [1.29, 1.82) is 0 Å². The van der Waals surface area contributed by atoms with Gasteiger partial charge in [-0.15, -0.1) is 0 Å². The lowest BCUT2D eigenvalue weighted by molar-refractivity contribution is -0.146. The summed E-state index contributed by atoms with van der Waals surface area (Å²) in [6.45, 7) is 0.517. The maximum absolute atomic E-state index is 12.3. The largest absolute Gasteiger partial charge is 0.468 e. The van der Waals surface area contributed by atoms with Crippen molar-refractivity contribution in [3.63, 3.8) is 0 Å². The first-order chi connectivity index (χ1) is 12.7. The van der Waals surface area contributed by atoms with E-state index in [1.807, 2.05) is 18.2 Å². The number of rotatable bonds is 5. The van der Waals surface area contributed by atoms with Gasteiger partial charge in [0.25, 0.3) is 0 Å². The van der Waals surface area contributed by atoms with E-state index in [9.17, 15) is 4.79 Å². The molecule has 2 aromatic rings. The number of likely N-dealkylation sites (tertiary alicyclic amines) is 1. The maximum Gasteiger partial charge on any atom is 0.323 e. The summed E-state index contributed by atoms with van der Waals surface area (Å²) < 4.78 is 10.5. The number of methoxy groups -OCH3 is 1. The minimum Gasteiger partial charge on any atom is -0.468 e. The van der Waals surface area contributed by atoms with Gasteiger partial charge in [-0.3, -0.25) is 9.69 Å². The highest BCUT2D eigenvalue weighted by Crippen LogP contribution is 2.40. The average Bonchev–Trinajstić information content (AvgIpc) is 3.27. The van der Waals surface area contributed by atoms with Gasteiger partial charge in [0.1, 0.15) is 6.04 Å². The fraction of sp³-hybridized carbons (Fsp3) is 0.550. The smallest absolute Gasteiger partial charge is 0.323 e.